The summed E-state index contributed by atoms with van der Waals surface area (Å²) < 4.78 is 0. The molecule has 0 fully saturated rings. The van der Waals surface area contributed by atoms with E-state index in [2.05, 4.69) is 36.9 Å². The summed E-state index contributed by atoms with van der Waals surface area (Å²) in [5.74, 6) is 0. The second-order valence-corrected chi connectivity index (χ2v) is 3.01. The Hall–Kier alpha value is -0.690. The van der Waals surface area contributed by atoms with E-state index in [4.69, 9.17) is 0 Å². The number of allylic oxidation sites excluding steroid dienone is 8. The van der Waals surface area contributed by atoms with E-state index in [1.165, 1.54) is 5.57 Å². The molecule has 0 heterocycles. The van der Waals surface area contributed by atoms with Crippen molar-refractivity contribution in [3.63, 3.8) is 0 Å². The zero-order valence-corrected chi connectivity index (χ0v) is 7.51. The maximum absolute atomic E-state index is 4.28. The fourth-order valence-corrected chi connectivity index (χ4v) is 1.12. The third-order valence-electron chi connectivity index (χ3n) is 1.46. The molecular weight excluding hydrogens is 152 g/mol. The second kappa shape index (κ2) is 4.24. The van der Waals surface area contributed by atoms with Crippen molar-refractivity contribution in [1.82, 2.24) is 0 Å². The van der Waals surface area contributed by atoms with Crippen LogP contribution in [0.5, 0.6) is 0 Å². The first kappa shape index (κ1) is 8.41. The van der Waals surface area contributed by atoms with E-state index in [0.717, 1.165) is 11.3 Å². The van der Waals surface area contributed by atoms with Crippen molar-refractivity contribution >= 4 is 12.6 Å². The SMILES string of the molecule is C/C=C/C1=CC=C(S)CC=C1. The van der Waals surface area contributed by atoms with Gasteiger partial charge in [0, 0.05) is 0 Å². The highest BCUT2D eigenvalue weighted by Crippen LogP contribution is 2.14. The molecule has 0 N–H and O–H groups in total. The highest BCUT2D eigenvalue weighted by molar-refractivity contribution is 7.84. The number of hydrogen-bond acceptors (Lipinski definition) is 1. The maximum atomic E-state index is 4.28. The maximum Gasteiger partial charge on any atom is -0.00365 e. The Morgan fingerprint density at radius 1 is 1.45 bits per heavy atom. The lowest BCUT2D eigenvalue weighted by molar-refractivity contribution is 1.37. The highest BCUT2D eigenvalue weighted by atomic mass is 32.1. The van der Waals surface area contributed by atoms with Gasteiger partial charge in [-0.05, 0) is 23.8 Å². The Labute approximate surface area is 73.4 Å². The van der Waals surface area contributed by atoms with Crippen molar-refractivity contribution in [2.24, 2.45) is 0 Å². The van der Waals surface area contributed by atoms with Crippen LogP contribution in [0.2, 0.25) is 0 Å². The van der Waals surface area contributed by atoms with Crippen molar-refractivity contribution in [1.29, 1.82) is 0 Å². The van der Waals surface area contributed by atoms with Crippen molar-refractivity contribution in [2.75, 3.05) is 0 Å². The average Bonchev–Trinajstić information content (AvgIpc) is 2.17. The van der Waals surface area contributed by atoms with Crippen LogP contribution in [0.15, 0.2) is 46.9 Å². The van der Waals surface area contributed by atoms with Crippen LogP contribution < -0.4 is 0 Å². The Balaban J connectivity index is 2.80. The van der Waals surface area contributed by atoms with Gasteiger partial charge in [0.2, 0.25) is 0 Å². The summed E-state index contributed by atoms with van der Waals surface area (Å²) in [6.07, 6.45) is 13.4. The van der Waals surface area contributed by atoms with Gasteiger partial charge in [-0.3, -0.25) is 0 Å². The first-order valence-electron chi connectivity index (χ1n) is 3.72. The van der Waals surface area contributed by atoms with E-state index in [-0.39, 0.29) is 0 Å². The van der Waals surface area contributed by atoms with Gasteiger partial charge >= 0.3 is 0 Å². The second-order valence-electron chi connectivity index (χ2n) is 2.43. The fourth-order valence-electron chi connectivity index (χ4n) is 0.935. The lowest BCUT2D eigenvalue weighted by atomic mass is 10.2. The summed E-state index contributed by atoms with van der Waals surface area (Å²) in [6, 6.07) is 0. The zero-order chi connectivity index (χ0) is 8.10. The van der Waals surface area contributed by atoms with Gasteiger partial charge in [0.15, 0.2) is 0 Å². The van der Waals surface area contributed by atoms with E-state index < -0.39 is 0 Å². The number of hydrogen-bond donors (Lipinski definition) is 1. The molecule has 0 aromatic rings. The molecule has 0 aromatic heterocycles. The van der Waals surface area contributed by atoms with Crippen molar-refractivity contribution in [2.45, 2.75) is 13.3 Å². The molecule has 1 heteroatoms. The molecule has 0 saturated carbocycles. The van der Waals surface area contributed by atoms with Crippen molar-refractivity contribution in [3.8, 4) is 0 Å². The smallest absolute Gasteiger partial charge is 0.00365 e. The zero-order valence-electron chi connectivity index (χ0n) is 6.62. The minimum atomic E-state index is 0.945. The van der Waals surface area contributed by atoms with Gasteiger partial charge in [0.1, 0.15) is 0 Å². The molecule has 11 heavy (non-hydrogen) atoms. The first-order chi connectivity index (χ1) is 5.33. The monoisotopic (exact) mass is 164 g/mol. The van der Waals surface area contributed by atoms with E-state index in [1.54, 1.807) is 0 Å². The predicted octanol–water partition coefficient (Wildman–Crippen LogP) is 3.26. The normalized spacial score (nSPS) is 18.0. The number of rotatable bonds is 1. The van der Waals surface area contributed by atoms with Gasteiger partial charge in [0.25, 0.3) is 0 Å². The minimum absolute atomic E-state index is 0.945. The lowest BCUT2D eigenvalue weighted by Gasteiger charge is -1.86. The third-order valence-corrected chi connectivity index (χ3v) is 1.80. The van der Waals surface area contributed by atoms with Crippen LogP contribution >= 0.6 is 12.6 Å². The summed E-state index contributed by atoms with van der Waals surface area (Å²) in [6.45, 7) is 2.02. The topological polar surface area (TPSA) is 0 Å². The molecule has 0 spiro atoms. The number of thiol groups is 1. The van der Waals surface area contributed by atoms with E-state index in [0.29, 0.717) is 0 Å². The molecule has 0 aromatic carbocycles. The quantitative estimate of drug-likeness (QED) is 0.565. The van der Waals surface area contributed by atoms with E-state index >= 15 is 0 Å². The minimum Gasteiger partial charge on any atom is -0.148 e. The lowest BCUT2D eigenvalue weighted by Crippen LogP contribution is -1.66. The first-order valence-corrected chi connectivity index (χ1v) is 4.16. The Bertz CT molecular complexity index is 242. The van der Waals surface area contributed by atoms with Gasteiger partial charge in [-0.1, -0.05) is 36.5 Å². The Kier molecular flexibility index (Phi) is 3.24. The highest BCUT2D eigenvalue weighted by Gasteiger charge is 1.91. The molecule has 0 amide bonds. The van der Waals surface area contributed by atoms with Crippen LogP contribution in [0.3, 0.4) is 0 Å². The third kappa shape index (κ3) is 2.81. The molecular formula is C10H12S. The molecule has 1 rings (SSSR count). The molecule has 1 aliphatic rings. The molecule has 0 atom stereocenters. The van der Waals surface area contributed by atoms with Crippen molar-refractivity contribution < 1.29 is 0 Å². The van der Waals surface area contributed by atoms with Gasteiger partial charge < -0.3 is 0 Å². The molecule has 58 valence electrons. The van der Waals surface area contributed by atoms with Gasteiger partial charge in [-0.25, -0.2) is 0 Å². The summed E-state index contributed by atoms with van der Waals surface area (Å²) >= 11 is 4.28. The summed E-state index contributed by atoms with van der Waals surface area (Å²) in [7, 11) is 0. The Morgan fingerprint density at radius 3 is 3.00 bits per heavy atom. The standard InChI is InChI=1S/C10H12S/c1-2-4-9-5-3-6-10(11)8-7-9/h2-5,7-8,11H,6H2,1H3/b4-2+. The van der Waals surface area contributed by atoms with E-state index in [9.17, 15) is 0 Å². The summed E-state index contributed by atoms with van der Waals surface area (Å²) in [5.41, 5.74) is 1.23. The van der Waals surface area contributed by atoms with Gasteiger partial charge in [0.05, 0.1) is 0 Å². The van der Waals surface area contributed by atoms with Crippen LogP contribution in [-0.2, 0) is 0 Å². The van der Waals surface area contributed by atoms with Crippen LogP contribution in [0.1, 0.15) is 13.3 Å². The predicted molar refractivity (Wildman–Crippen MR) is 53.7 cm³/mol. The molecule has 0 radical (unpaired) electrons. The molecule has 0 bridgehead atoms. The fraction of sp³-hybridized carbons (Fsp3) is 0.200. The van der Waals surface area contributed by atoms with E-state index in [1.807, 2.05) is 19.1 Å². The van der Waals surface area contributed by atoms with Gasteiger partial charge in [-0.15, -0.1) is 12.6 Å². The molecule has 0 unspecified atom stereocenters. The largest absolute Gasteiger partial charge is 0.148 e. The molecule has 0 nitrogen and oxygen atoms in total. The summed E-state index contributed by atoms with van der Waals surface area (Å²) in [4.78, 5) is 1.11. The average molecular weight is 164 g/mol. The Morgan fingerprint density at radius 2 is 2.27 bits per heavy atom. The summed E-state index contributed by atoms with van der Waals surface area (Å²) in [5, 5.41) is 0. The van der Waals surface area contributed by atoms with Crippen LogP contribution in [0.4, 0.5) is 0 Å². The van der Waals surface area contributed by atoms with Crippen LogP contribution in [0, 0.1) is 0 Å². The molecule has 0 saturated heterocycles. The molecule has 0 aliphatic heterocycles. The van der Waals surface area contributed by atoms with Gasteiger partial charge in [-0.2, -0.15) is 0 Å². The molecule has 1 aliphatic carbocycles. The van der Waals surface area contributed by atoms with Crippen LogP contribution in [-0.4, -0.2) is 0 Å². The van der Waals surface area contributed by atoms with Crippen LogP contribution in [0.25, 0.3) is 0 Å². The van der Waals surface area contributed by atoms with Crippen molar-refractivity contribution in [3.05, 3.63) is 46.9 Å².